The third kappa shape index (κ3) is 7.15. The predicted octanol–water partition coefficient (Wildman–Crippen LogP) is 3.03. The van der Waals surface area contributed by atoms with E-state index in [2.05, 4.69) is 48.3 Å². The van der Waals surface area contributed by atoms with Crippen molar-refractivity contribution in [3.05, 3.63) is 60.2 Å². The van der Waals surface area contributed by atoms with Crippen LogP contribution in [-0.2, 0) is 9.53 Å². The van der Waals surface area contributed by atoms with Crippen molar-refractivity contribution in [1.29, 1.82) is 0 Å². The van der Waals surface area contributed by atoms with Crippen molar-refractivity contribution in [2.45, 2.75) is 13.8 Å². The van der Waals surface area contributed by atoms with Crippen LogP contribution in [0.15, 0.2) is 54.6 Å². The summed E-state index contributed by atoms with van der Waals surface area (Å²) in [5.74, 6) is 0.696. The van der Waals surface area contributed by atoms with E-state index in [1.807, 2.05) is 30.3 Å². The topological polar surface area (TPSA) is 50.8 Å². The highest BCUT2D eigenvalue weighted by atomic mass is 16.5. The Bertz CT molecular complexity index is 661. The van der Waals surface area contributed by atoms with Gasteiger partial charge in [0.25, 0.3) is 0 Å². The van der Waals surface area contributed by atoms with Gasteiger partial charge in [-0.15, -0.1) is 0 Å². The van der Waals surface area contributed by atoms with E-state index in [-0.39, 0.29) is 12.5 Å². The lowest BCUT2D eigenvalue weighted by Gasteiger charge is -2.23. The van der Waals surface area contributed by atoms with E-state index in [9.17, 15) is 4.79 Å². The van der Waals surface area contributed by atoms with Gasteiger partial charge in [0, 0.05) is 25.3 Å². The quantitative estimate of drug-likeness (QED) is 0.629. The first kappa shape index (κ1) is 19.8. The van der Waals surface area contributed by atoms with Gasteiger partial charge in [-0.1, -0.05) is 30.3 Å². The largest absolute Gasteiger partial charge is 0.491 e. The smallest absolute Gasteiger partial charge is 0.246 e. The molecule has 2 aromatic carbocycles. The lowest BCUT2D eigenvalue weighted by atomic mass is 10.2. The Morgan fingerprint density at radius 3 is 2.62 bits per heavy atom. The van der Waals surface area contributed by atoms with Crippen LogP contribution in [0.4, 0.5) is 5.69 Å². The number of likely N-dealkylation sites (N-methyl/N-ethyl adjacent to an activating group) is 1. The van der Waals surface area contributed by atoms with Gasteiger partial charge < -0.3 is 19.7 Å². The lowest BCUT2D eigenvalue weighted by molar-refractivity contribution is -0.125. The van der Waals surface area contributed by atoms with Crippen LogP contribution in [0.25, 0.3) is 0 Å². The number of nitrogens with zero attached hydrogens (tertiary/aromatic N) is 1. The zero-order valence-electron chi connectivity index (χ0n) is 15.6. The molecule has 0 spiro atoms. The van der Waals surface area contributed by atoms with E-state index in [1.165, 1.54) is 11.3 Å². The lowest BCUT2D eigenvalue weighted by Crippen LogP contribution is -2.36. The average Bonchev–Trinajstić information content (AvgIpc) is 2.66. The third-order valence-corrected chi connectivity index (χ3v) is 3.93. The van der Waals surface area contributed by atoms with Gasteiger partial charge >= 0.3 is 0 Å². The molecule has 1 amide bonds. The molecule has 1 N–H and O–H groups in total. The molecule has 0 saturated carbocycles. The fourth-order valence-electron chi connectivity index (χ4n) is 2.58. The van der Waals surface area contributed by atoms with Crippen LogP contribution in [-0.4, -0.2) is 45.4 Å². The molecule has 26 heavy (non-hydrogen) atoms. The Kier molecular flexibility index (Phi) is 8.49. The number of nitrogens with one attached hydrogen (secondary N) is 1. The molecule has 2 rings (SSSR count). The molecule has 0 atom stereocenters. The highest BCUT2D eigenvalue weighted by molar-refractivity contribution is 5.77. The molecule has 0 aliphatic heterocycles. The van der Waals surface area contributed by atoms with Crippen molar-refractivity contribution in [3.8, 4) is 5.75 Å². The number of hydrogen-bond acceptors (Lipinski definition) is 4. The highest BCUT2D eigenvalue weighted by Gasteiger charge is 2.06. The molecular formula is C21H28N2O3. The first-order valence-corrected chi connectivity index (χ1v) is 9.03. The molecule has 5 nitrogen and oxygen atoms in total. The van der Waals surface area contributed by atoms with Gasteiger partial charge in [-0.25, -0.2) is 0 Å². The van der Waals surface area contributed by atoms with E-state index in [4.69, 9.17) is 9.47 Å². The number of ether oxygens (including phenoxy) is 2. The van der Waals surface area contributed by atoms with Crippen molar-refractivity contribution in [2.75, 3.05) is 44.4 Å². The first-order valence-electron chi connectivity index (χ1n) is 9.03. The Labute approximate surface area is 155 Å². The number of aryl methyl sites for hydroxylation is 1. The molecule has 140 valence electrons. The van der Waals surface area contributed by atoms with Crippen LogP contribution in [0, 0.1) is 6.92 Å². The van der Waals surface area contributed by atoms with Gasteiger partial charge in [-0.3, -0.25) is 4.79 Å². The average molecular weight is 356 g/mol. The molecule has 0 bridgehead atoms. The Balaban J connectivity index is 1.58. The van der Waals surface area contributed by atoms with Gasteiger partial charge in [0.05, 0.1) is 6.61 Å². The van der Waals surface area contributed by atoms with E-state index in [1.54, 1.807) is 0 Å². The molecule has 0 radical (unpaired) electrons. The minimum Gasteiger partial charge on any atom is -0.491 e. The summed E-state index contributed by atoms with van der Waals surface area (Å²) >= 11 is 0. The fourth-order valence-corrected chi connectivity index (χ4v) is 2.58. The summed E-state index contributed by atoms with van der Waals surface area (Å²) in [4.78, 5) is 14.1. The van der Waals surface area contributed by atoms with Gasteiger partial charge in [-0.05, 0) is 43.7 Å². The SMILES string of the molecule is CCN(CCNC(=O)COCCOc1ccccc1)c1cccc(C)c1. The van der Waals surface area contributed by atoms with E-state index < -0.39 is 0 Å². The van der Waals surface area contributed by atoms with Crippen molar-refractivity contribution in [2.24, 2.45) is 0 Å². The summed E-state index contributed by atoms with van der Waals surface area (Å²) in [7, 11) is 0. The number of carbonyl (C=O) groups is 1. The molecule has 2 aromatic rings. The molecule has 0 aliphatic carbocycles. The Morgan fingerprint density at radius 2 is 1.88 bits per heavy atom. The molecule has 0 unspecified atom stereocenters. The van der Waals surface area contributed by atoms with Gasteiger partial charge in [-0.2, -0.15) is 0 Å². The minimum atomic E-state index is -0.106. The zero-order valence-corrected chi connectivity index (χ0v) is 15.6. The second-order valence-electron chi connectivity index (χ2n) is 5.98. The van der Waals surface area contributed by atoms with Gasteiger partial charge in [0.1, 0.15) is 19.0 Å². The number of anilines is 1. The predicted molar refractivity (Wildman–Crippen MR) is 105 cm³/mol. The van der Waals surface area contributed by atoms with Crippen LogP contribution in [0.5, 0.6) is 5.75 Å². The molecular weight excluding hydrogens is 328 g/mol. The summed E-state index contributed by atoms with van der Waals surface area (Å²) in [6, 6.07) is 17.9. The fraction of sp³-hybridized carbons (Fsp3) is 0.381. The van der Waals surface area contributed by atoms with E-state index in [0.29, 0.717) is 19.8 Å². The highest BCUT2D eigenvalue weighted by Crippen LogP contribution is 2.14. The van der Waals surface area contributed by atoms with Crippen molar-refractivity contribution < 1.29 is 14.3 Å². The maximum Gasteiger partial charge on any atom is 0.246 e. The maximum atomic E-state index is 11.8. The molecule has 0 saturated heterocycles. The Morgan fingerprint density at radius 1 is 1.08 bits per heavy atom. The van der Waals surface area contributed by atoms with Crippen LogP contribution in [0.2, 0.25) is 0 Å². The molecule has 0 aromatic heterocycles. The number of benzene rings is 2. The number of carbonyl (C=O) groups excluding carboxylic acids is 1. The third-order valence-electron chi connectivity index (χ3n) is 3.93. The number of rotatable bonds is 11. The van der Waals surface area contributed by atoms with Gasteiger partial charge in [0.2, 0.25) is 5.91 Å². The number of para-hydroxylation sites is 1. The summed E-state index contributed by atoms with van der Waals surface area (Å²) in [6.07, 6.45) is 0. The molecule has 0 heterocycles. The summed E-state index contributed by atoms with van der Waals surface area (Å²) < 4.78 is 10.9. The second-order valence-corrected chi connectivity index (χ2v) is 5.98. The van der Waals surface area contributed by atoms with Crippen LogP contribution < -0.4 is 15.0 Å². The van der Waals surface area contributed by atoms with Crippen molar-refractivity contribution in [1.82, 2.24) is 5.32 Å². The van der Waals surface area contributed by atoms with Crippen molar-refractivity contribution in [3.63, 3.8) is 0 Å². The maximum absolute atomic E-state index is 11.8. The molecule has 0 fully saturated rings. The monoisotopic (exact) mass is 356 g/mol. The summed E-state index contributed by atoms with van der Waals surface area (Å²) in [5.41, 5.74) is 2.41. The zero-order chi connectivity index (χ0) is 18.6. The second kappa shape index (κ2) is 11.2. The Hall–Kier alpha value is -2.53. The van der Waals surface area contributed by atoms with Crippen molar-refractivity contribution >= 4 is 11.6 Å². The number of amides is 1. The first-order chi connectivity index (χ1) is 12.7. The van der Waals surface area contributed by atoms with Crippen LogP contribution in [0.3, 0.4) is 0 Å². The number of hydrogen-bond donors (Lipinski definition) is 1. The van der Waals surface area contributed by atoms with E-state index >= 15 is 0 Å². The van der Waals surface area contributed by atoms with Gasteiger partial charge in [0.15, 0.2) is 0 Å². The summed E-state index contributed by atoms with van der Waals surface area (Å²) in [6.45, 7) is 7.30. The minimum absolute atomic E-state index is 0.0503. The normalized spacial score (nSPS) is 10.4. The standard InChI is InChI=1S/C21H28N2O3/c1-3-23(19-9-7-8-18(2)16-19)13-12-22-21(24)17-25-14-15-26-20-10-5-4-6-11-20/h4-11,16H,3,12-15,17H2,1-2H3,(H,22,24). The summed E-state index contributed by atoms with van der Waals surface area (Å²) in [5, 5.41) is 2.89. The van der Waals surface area contributed by atoms with Crippen LogP contribution >= 0.6 is 0 Å². The van der Waals surface area contributed by atoms with E-state index in [0.717, 1.165) is 18.8 Å². The van der Waals surface area contributed by atoms with Crippen LogP contribution in [0.1, 0.15) is 12.5 Å². The molecule has 5 heteroatoms. The molecule has 0 aliphatic rings.